The maximum Gasteiger partial charge on any atom is 0.417 e. The molecule has 0 bridgehead atoms. The minimum atomic E-state index is -4.62. The van der Waals surface area contributed by atoms with Crippen LogP contribution in [-0.2, 0) is 0 Å². The van der Waals surface area contributed by atoms with Gasteiger partial charge < -0.3 is 21.2 Å². The molecule has 1 atom stereocenters. The molecule has 4 N–H and O–H groups in total. The third kappa shape index (κ3) is 5.42. The number of nitrogens with one attached hydrogen (secondary N) is 3. The molecule has 0 spiro atoms. The Kier molecular flexibility index (Phi) is 6.10. The maximum absolute atomic E-state index is 12.8. The summed E-state index contributed by atoms with van der Waals surface area (Å²) < 4.78 is 38.4. The molecule has 20 heavy (non-hydrogen) atoms. The summed E-state index contributed by atoms with van der Waals surface area (Å²) in [7, 11) is 0. The first-order valence-electron chi connectivity index (χ1n) is 6.15. The zero-order chi connectivity index (χ0) is 16.2. The molecule has 0 heterocycles. The lowest BCUT2D eigenvalue weighted by atomic mass is 9.81. The predicted octanol–water partition coefficient (Wildman–Crippen LogP) is 2.53. The largest absolute Gasteiger partial charge is 0.417 e. The Hall–Kier alpha value is -1.21. The van der Waals surface area contributed by atoms with Crippen LogP contribution in [0, 0.1) is 16.2 Å². The SMILES string of the molecule is C/C=C(\C(=N)C(C)(C=N)CNCC(C)(C)O)C(F)(F)F. The first-order valence-corrected chi connectivity index (χ1v) is 6.15. The first kappa shape index (κ1) is 18.8. The molecule has 0 aromatic carbocycles. The van der Waals surface area contributed by atoms with Gasteiger partial charge in [-0.05, 0) is 27.7 Å². The zero-order valence-electron chi connectivity index (χ0n) is 12.2. The number of halogens is 3. The number of aliphatic hydroxyl groups is 1. The molecule has 1 unspecified atom stereocenters. The van der Waals surface area contributed by atoms with E-state index in [4.69, 9.17) is 10.8 Å². The highest BCUT2D eigenvalue weighted by Crippen LogP contribution is 2.32. The minimum absolute atomic E-state index is 0.0350. The fourth-order valence-corrected chi connectivity index (χ4v) is 1.60. The van der Waals surface area contributed by atoms with Gasteiger partial charge in [0.2, 0.25) is 0 Å². The molecule has 116 valence electrons. The summed E-state index contributed by atoms with van der Waals surface area (Å²) in [6.07, 6.45) is -2.96. The Morgan fingerprint density at radius 3 is 2.00 bits per heavy atom. The summed E-state index contributed by atoms with van der Waals surface area (Å²) >= 11 is 0. The van der Waals surface area contributed by atoms with Crippen LogP contribution < -0.4 is 5.32 Å². The fraction of sp³-hybridized carbons (Fsp3) is 0.692. The van der Waals surface area contributed by atoms with Crippen molar-refractivity contribution in [3.63, 3.8) is 0 Å². The van der Waals surface area contributed by atoms with Crippen molar-refractivity contribution in [3.8, 4) is 0 Å². The second kappa shape index (κ2) is 6.49. The number of alkyl halides is 3. The standard InChI is InChI=1S/C13H22F3N3O/c1-5-9(13(14,15)16)10(18)12(4,6-17)8-19-7-11(2,3)20/h5-6,17-20H,7-8H2,1-4H3/b9-5+,17-6?,18-10?. The molecule has 0 fully saturated rings. The molecule has 0 aromatic rings. The average Bonchev–Trinajstić information content (AvgIpc) is 2.25. The third-order valence-electron chi connectivity index (χ3n) is 2.80. The van der Waals surface area contributed by atoms with Crippen molar-refractivity contribution in [2.24, 2.45) is 5.41 Å². The summed E-state index contributed by atoms with van der Waals surface area (Å²) in [5, 5.41) is 27.4. The van der Waals surface area contributed by atoms with Crippen LogP contribution in [0.5, 0.6) is 0 Å². The quantitative estimate of drug-likeness (QED) is 0.544. The Bertz CT molecular complexity index is 397. The van der Waals surface area contributed by atoms with Gasteiger partial charge in [0.15, 0.2) is 0 Å². The second-order valence-corrected chi connectivity index (χ2v) is 5.55. The van der Waals surface area contributed by atoms with Crippen LogP contribution >= 0.6 is 0 Å². The van der Waals surface area contributed by atoms with E-state index >= 15 is 0 Å². The van der Waals surface area contributed by atoms with Gasteiger partial charge in [-0.15, -0.1) is 0 Å². The van der Waals surface area contributed by atoms with Crippen LogP contribution in [0.25, 0.3) is 0 Å². The van der Waals surface area contributed by atoms with Gasteiger partial charge in [0.25, 0.3) is 0 Å². The van der Waals surface area contributed by atoms with Crippen LogP contribution in [0.1, 0.15) is 27.7 Å². The Balaban J connectivity index is 5.05. The van der Waals surface area contributed by atoms with Gasteiger partial charge >= 0.3 is 6.18 Å². The van der Waals surface area contributed by atoms with E-state index < -0.39 is 28.5 Å². The van der Waals surface area contributed by atoms with Crippen LogP contribution in [0.2, 0.25) is 0 Å². The van der Waals surface area contributed by atoms with Gasteiger partial charge in [-0.2, -0.15) is 13.2 Å². The smallest absolute Gasteiger partial charge is 0.389 e. The van der Waals surface area contributed by atoms with E-state index in [0.29, 0.717) is 0 Å². The maximum atomic E-state index is 12.8. The molecule has 0 aliphatic rings. The van der Waals surface area contributed by atoms with Gasteiger partial charge in [0.1, 0.15) is 0 Å². The molecule has 0 saturated heterocycles. The van der Waals surface area contributed by atoms with E-state index in [9.17, 15) is 18.3 Å². The fourth-order valence-electron chi connectivity index (χ4n) is 1.60. The van der Waals surface area contributed by atoms with Crippen molar-refractivity contribution in [1.29, 1.82) is 10.8 Å². The lowest BCUT2D eigenvalue weighted by molar-refractivity contribution is -0.0867. The van der Waals surface area contributed by atoms with Gasteiger partial charge in [0, 0.05) is 19.3 Å². The van der Waals surface area contributed by atoms with Crippen LogP contribution in [0.3, 0.4) is 0 Å². The molecular weight excluding hydrogens is 271 g/mol. The van der Waals surface area contributed by atoms with Crippen LogP contribution in [0.4, 0.5) is 13.2 Å². The number of hydrogen-bond acceptors (Lipinski definition) is 4. The van der Waals surface area contributed by atoms with Gasteiger partial charge in [0.05, 0.1) is 22.3 Å². The van der Waals surface area contributed by atoms with Crippen molar-refractivity contribution in [3.05, 3.63) is 11.6 Å². The second-order valence-electron chi connectivity index (χ2n) is 5.55. The molecule has 0 aliphatic heterocycles. The monoisotopic (exact) mass is 293 g/mol. The average molecular weight is 293 g/mol. The van der Waals surface area contributed by atoms with Crippen molar-refractivity contribution in [2.75, 3.05) is 13.1 Å². The first-order chi connectivity index (χ1) is 8.87. The van der Waals surface area contributed by atoms with Crippen LogP contribution in [0.15, 0.2) is 11.6 Å². The molecule has 0 radical (unpaired) electrons. The topological polar surface area (TPSA) is 80.0 Å². The Labute approximate surface area is 117 Å². The van der Waals surface area contributed by atoms with Crippen molar-refractivity contribution in [2.45, 2.75) is 39.5 Å². The lowest BCUT2D eigenvalue weighted by Gasteiger charge is -2.30. The van der Waals surface area contributed by atoms with Crippen molar-refractivity contribution in [1.82, 2.24) is 5.32 Å². The minimum Gasteiger partial charge on any atom is -0.389 e. The third-order valence-corrected chi connectivity index (χ3v) is 2.80. The number of hydrogen-bond donors (Lipinski definition) is 4. The number of rotatable bonds is 7. The summed E-state index contributed by atoms with van der Waals surface area (Å²) in [6, 6.07) is 0. The zero-order valence-corrected chi connectivity index (χ0v) is 12.2. The van der Waals surface area contributed by atoms with E-state index in [2.05, 4.69) is 5.32 Å². The molecule has 4 nitrogen and oxygen atoms in total. The summed E-state index contributed by atoms with van der Waals surface area (Å²) in [5.74, 6) is 0. The van der Waals surface area contributed by atoms with E-state index in [0.717, 1.165) is 12.3 Å². The normalized spacial score (nSPS) is 16.7. The van der Waals surface area contributed by atoms with E-state index in [-0.39, 0.29) is 13.1 Å². The van der Waals surface area contributed by atoms with Crippen LogP contribution in [-0.4, -0.2) is 41.9 Å². The highest BCUT2D eigenvalue weighted by atomic mass is 19.4. The number of allylic oxidation sites excluding steroid dienone is 2. The Morgan fingerprint density at radius 2 is 1.70 bits per heavy atom. The molecule has 7 heteroatoms. The molecule has 0 rings (SSSR count). The van der Waals surface area contributed by atoms with E-state index in [1.54, 1.807) is 13.8 Å². The highest BCUT2D eigenvalue weighted by Gasteiger charge is 2.42. The van der Waals surface area contributed by atoms with Crippen molar-refractivity contribution >= 4 is 11.9 Å². The van der Waals surface area contributed by atoms with Gasteiger partial charge in [-0.25, -0.2) is 0 Å². The Morgan fingerprint density at radius 1 is 1.20 bits per heavy atom. The molecule has 0 saturated carbocycles. The van der Waals surface area contributed by atoms with Gasteiger partial charge in [-0.3, -0.25) is 0 Å². The highest BCUT2D eigenvalue weighted by molar-refractivity contribution is 6.11. The molecule has 0 amide bonds. The molecular formula is C13H22F3N3O. The van der Waals surface area contributed by atoms with Gasteiger partial charge in [-0.1, -0.05) is 6.08 Å². The van der Waals surface area contributed by atoms with Crippen molar-refractivity contribution < 1.29 is 18.3 Å². The lowest BCUT2D eigenvalue weighted by Crippen LogP contribution is -2.46. The van der Waals surface area contributed by atoms with E-state index in [1.807, 2.05) is 0 Å². The van der Waals surface area contributed by atoms with E-state index in [1.165, 1.54) is 13.8 Å². The predicted molar refractivity (Wildman–Crippen MR) is 73.6 cm³/mol. The summed E-state index contributed by atoms with van der Waals surface area (Å²) in [4.78, 5) is 0. The molecule has 0 aromatic heterocycles. The summed E-state index contributed by atoms with van der Waals surface area (Å²) in [6.45, 7) is 5.83. The summed E-state index contributed by atoms with van der Waals surface area (Å²) in [5.41, 5.74) is -4.11. The molecule has 0 aliphatic carbocycles.